The molecule has 0 aliphatic rings. The minimum atomic E-state index is 0.401. The molecular formula is C15H25ClN4. The molecule has 0 N–H and O–H groups in total. The van der Waals surface area contributed by atoms with Gasteiger partial charge in [0.15, 0.2) is 5.65 Å². The fourth-order valence-corrected chi connectivity index (χ4v) is 2.90. The molecule has 5 heteroatoms. The Morgan fingerprint density at radius 2 is 1.90 bits per heavy atom. The number of imidazole rings is 1. The van der Waals surface area contributed by atoms with Gasteiger partial charge < -0.3 is 4.57 Å². The number of fused-ring (bicyclic) bond motifs is 1. The SMILES string of the molecule is CCn1nc(C)c2nc(CCl)n(C(C)CCC(C)C)c21. The molecule has 1 atom stereocenters. The van der Waals surface area contributed by atoms with Crippen molar-refractivity contribution < 1.29 is 0 Å². The fourth-order valence-electron chi connectivity index (χ4n) is 2.72. The van der Waals surface area contributed by atoms with Crippen molar-refractivity contribution in [3.8, 4) is 0 Å². The van der Waals surface area contributed by atoms with Gasteiger partial charge in [0.1, 0.15) is 11.3 Å². The van der Waals surface area contributed by atoms with Crippen LogP contribution in [0.2, 0.25) is 0 Å². The van der Waals surface area contributed by atoms with Crippen molar-refractivity contribution in [3.63, 3.8) is 0 Å². The molecule has 0 saturated heterocycles. The van der Waals surface area contributed by atoms with Crippen LogP contribution in [0, 0.1) is 12.8 Å². The highest BCUT2D eigenvalue weighted by molar-refractivity contribution is 6.16. The third kappa shape index (κ3) is 2.71. The molecule has 0 fully saturated rings. The van der Waals surface area contributed by atoms with Crippen molar-refractivity contribution in [2.75, 3.05) is 0 Å². The summed E-state index contributed by atoms with van der Waals surface area (Å²) in [5.41, 5.74) is 3.11. The highest BCUT2D eigenvalue weighted by atomic mass is 35.5. The van der Waals surface area contributed by atoms with Gasteiger partial charge in [0, 0.05) is 12.6 Å². The molecule has 0 saturated carbocycles. The van der Waals surface area contributed by atoms with Gasteiger partial charge in [-0.3, -0.25) is 0 Å². The first-order valence-corrected chi connectivity index (χ1v) is 8.03. The lowest BCUT2D eigenvalue weighted by molar-refractivity contribution is 0.433. The quantitative estimate of drug-likeness (QED) is 0.745. The largest absolute Gasteiger partial charge is 0.309 e. The Morgan fingerprint density at radius 1 is 1.20 bits per heavy atom. The standard InChI is InChI=1S/C15H25ClN4/c1-6-19-15-14(12(5)18-19)17-13(9-16)20(15)11(4)8-7-10(2)3/h10-11H,6-9H2,1-5H3. The van der Waals surface area contributed by atoms with E-state index in [2.05, 4.69) is 37.4 Å². The van der Waals surface area contributed by atoms with Crippen LogP contribution in [-0.2, 0) is 12.4 Å². The van der Waals surface area contributed by atoms with Crippen LogP contribution >= 0.6 is 11.6 Å². The molecule has 1 unspecified atom stereocenters. The highest BCUT2D eigenvalue weighted by Crippen LogP contribution is 2.27. The maximum Gasteiger partial charge on any atom is 0.159 e. The maximum absolute atomic E-state index is 6.10. The molecule has 112 valence electrons. The van der Waals surface area contributed by atoms with E-state index in [1.165, 1.54) is 6.42 Å². The number of alkyl halides is 1. The number of halogens is 1. The Balaban J connectivity index is 2.48. The van der Waals surface area contributed by atoms with E-state index in [-0.39, 0.29) is 0 Å². The summed E-state index contributed by atoms with van der Waals surface area (Å²) in [4.78, 5) is 4.70. The van der Waals surface area contributed by atoms with Crippen LogP contribution in [0.5, 0.6) is 0 Å². The first-order chi connectivity index (χ1) is 9.49. The molecule has 2 aromatic rings. The zero-order chi connectivity index (χ0) is 14.9. The topological polar surface area (TPSA) is 35.6 Å². The molecule has 0 amide bonds. The summed E-state index contributed by atoms with van der Waals surface area (Å²) in [6.45, 7) is 11.8. The molecule has 0 aromatic carbocycles. The van der Waals surface area contributed by atoms with Crippen LogP contribution < -0.4 is 0 Å². The molecule has 2 heterocycles. The average molecular weight is 297 g/mol. The second-order valence-corrected chi connectivity index (χ2v) is 6.19. The molecule has 2 aromatic heterocycles. The van der Waals surface area contributed by atoms with E-state index in [9.17, 15) is 0 Å². The first kappa shape index (κ1) is 15.4. The molecule has 4 nitrogen and oxygen atoms in total. The van der Waals surface area contributed by atoms with Gasteiger partial charge in [-0.05, 0) is 39.5 Å². The number of nitrogens with zero attached hydrogens (tertiary/aromatic N) is 4. The Bertz CT molecular complexity index is 582. The van der Waals surface area contributed by atoms with Crippen molar-refractivity contribution in [1.29, 1.82) is 0 Å². The van der Waals surface area contributed by atoms with Crippen LogP contribution in [0.25, 0.3) is 11.2 Å². The lowest BCUT2D eigenvalue weighted by Gasteiger charge is -2.18. The minimum Gasteiger partial charge on any atom is -0.309 e. The van der Waals surface area contributed by atoms with E-state index in [4.69, 9.17) is 16.6 Å². The third-order valence-corrected chi connectivity index (χ3v) is 4.08. The minimum absolute atomic E-state index is 0.401. The van der Waals surface area contributed by atoms with Crippen LogP contribution in [0.15, 0.2) is 0 Å². The summed E-state index contributed by atoms with van der Waals surface area (Å²) in [5.74, 6) is 2.12. The Kier molecular flexibility index (Phi) is 4.74. The van der Waals surface area contributed by atoms with Gasteiger partial charge >= 0.3 is 0 Å². The molecule has 0 aliphatic carbocycles. The molecule has 20 heavy (non-hydrogen) atoms. The van der Waals surface area contributed by atoms with Crippen molar-refractivity contribution in [1.82, 2.24) is 19.3 Å². The Labute approximate surface area is 126 Å². The molecular weight excluding hydrogens is 272 g/mol. The summed E-state index contributed by atoms with van der Waals surface area (Å²) in [6.07, 6.45) is 2.35. The average Bonchev–Trinajstić information content (AvgIpc) is 2.93. The van der Waals surface area contributed by atoms with Crippen LogP contribution in [0.1, 0.15) is 58.1 Å². The number of hydrogen-bond acceptors (Lipinski definition) is 2. The Hall–Kier alpha value is -1.03. The van der Waals surface area contributed by atoms with Crippen LogP contribution in [0.3, 0.4) is 0 Å². The lowest BCUT2D eigenvalue weighted by Crippen LogP contribution is -2.13. The lowest BCUT2D eigenvalue weighted by atomic mass is 10.0. The zero-order valence-electron chi connectivity index (χ0n) is 13.1. The summed E-state index contributed by atoms with van der Waals surface area (Å²) in [5, 5.41) is 4.57. The van der Waals surface area contributed by atoms with Gasteiger partial charge in [-0.2, -0.15) is 5.10 Å². The first-order valence-electron chi connectivity index (χ1n) is 7.49. The van der Waals surface area contributed by atoms with Crippen LogP contribution in [0.4, 0.5) is 0 Å². The predicted octanol–water partition coefficient (Wildman–Crippen LogP) is 4.30. The summed E-state index contributed by atoms with van der Waals surface area (Å²) < 4.78 is 4.33. The van der Waals surface area contributed by atoms with Crippen molar-refractivity contribution >= 4 is 22.8 Å². The fraction of sp³-hybridized carbons (Fsp3) is 0.733. The van der Waals surface area contributed by atoms with E-state index in [1.54, 1.807) is 0 Å². The van der Waals surface area contributed by atoms with Crippen molar-refractivity contribution in [2.24, 2.45) is 5.92 Å². The second-order valence-electron chi connectivity index (χ2n) is 5.93. The summed E-state index contributed by atoms with van der Waals surface area (Å²) in [6, 6.07) is 0.401. The van der Waals surface area contributed by atoms with E-state index in [1.807, 2.05) is 11.6 Å². The van der Waals surface area contributed by atoms with Gasteiger partial charge in [0.25, 0.3) is 0 Å². The zero-order valence-corrected chi connectivity index (χ0v) is 13.9. The third-order valence-electron chi connectivity index (χ3n) is 3.84. The van der Waals surface area contributed by atoms with Crippen molar-refractivity contribution in [3.05, 3.63) is 11.5 Å². The van der Waals surface area contributed by atoms with E-state index < -0.39 is 0 Å². The summed E-state index contributed by atoms with van der Waals surface area (Å²) in [7, 11) is 0. The van der Waals surface area contributed by atoms with Gasteiger partial charge in [0.05, 0.1) is 11.6 Å². The molecule has 0 bridgehead atoms. The smallest absolute Gasteiger partial charge is 0.159 e. The number of hydrogen-bond donors (Lipinski definition) is 0. The summed E-state index contributed by atoms with van der Waals surface area (Å²) >= 11 is 6.10. The van der Waals surface area contributed by atoms with Gasteiger partial charge in [-0.1, -0.05) is 13.8 Å². The molecule has 0 spiro atoms. The monoisotopic (exact) mass is 296 g/mol. The van der Waals surface area contributed by atoms with Gasteiger partial charge in [-0.25, -0.2) is 9.67 Å². The van der Waals surface area contributed by atoms with Gasteiger partial charge in [0.2, 0.25) is 0 Å². The number of rotatable bonds is 6. The normalized spacial score (nSPS) is 13.6. The van der Waals surface area contributed by atoms with Gasteiger partial charge in [-0.15, -0.1) is 11.6 Å². The second kappa shape index (κ2) is 6.17. The molecule has 0 radical (unpaired) electrons. The van der Waals surface area contributed by atoms with E-state index in [0.29, 0.717) is 17.8 Å². The van der Waals surface area contributed by atoms with Crippen molar-refractivity contribution in [2.45, 2.75) is 65.9 Å². The molecule has 0 aliphatic heterocycles. The highest BCUT2D eigenvalue weighted by Gasteiger charge is 2.21. The van der Waals surface area contributed by atoms with Crippen LogP contribution in [-0.4, -0.2) is 19.3 Å². The number of aryl methyl sites for hydroxylation is 2. The maximum atomic E-state index is 6.10. The van der Waals surface area contributed by atoms with E-state index in [0.717, 1.165) is 35.6 Å². The number of aromatic nitrogens is 4. The Morgan fingerprint density at radius 3 is 2.45 bits per heavy atom. The van der Waals surface area contributed by atoms with E-state index >= 15 is 0 Å². The molecule has 2 rings (SSSR count). The predicted molar refractivity (Wildman–Crippen MR) is 84.3 cm³/mol.